The lowest BCUT2D eigenvalue weighted by atomic mass is 9.78. The minimum atomic E-state index is -0.621. The first-order chi connectivity index (χ1) is 15.4. The fourth-order valence-corrected chi connectivity index (χ4v) is 3.20. The molecule has 0 saturated carbocycles. The van der Waals surface area contributed by atoms with Crippen LogP contribution >= 0.6 is 0 Å². The Kier molecular flexibility index (Phi) is 9.72. The third-order valence-electron chi connectivity index (χ3n) is 4.81. The molecule has 8 nitrogen and oxygen atoms in total. The lowest BCUT2D eigenvalue weighted by molar-refractivity contribution is -0.124. The molecule has 2 rings (SSSR count). The van der Waals surface area contributed by atoms with E-state index in [-0.39, 0.29) is 13.2 Å². The second-order valence-electron chi connectivity index (χ2n) is 7.83. The second kappa shape index (κ2) is 12.5. The quantitative estimate of drug-likeness (QED) is 0.235. The Labute approximate surface area is 187 Å². The second-order valence-corrected chi connectivity index (χ2v) is 7.83. The van der Waals surface area contributed by atoms with Gasteiger partial charge in [0.25, 0.3) is 5.91 Å². The molecule has 0 fully saturated rings. The van der Waals surface area contributed by atoms with Crippen LogP contribution in [0.5, 0.6) is 5.75 Å². The first kappa shape index (κ1) is 24.9. The molecule has 4 N–H and O–H groups in total. The molecule has 0 unspecified atom stereocenters. The smallest absolute Gasteiger partial charge is 0.412 e. The van der Waals surface area contributed by atoms with Crippen molar-refractivity contribution in [2.45, 2.75) is 32.8 Å². The molecular weight excluding hydrogens is 412 g/mol. The van der Waals surface area contributed by atoms with Crippen LogP contribution in [0, 0.1) is 5.41 Å². The molecule has 0 spiro atoms. The summed E-state index contributed by atoms with van der Waals surface area (Å²) in [5, 5.41) is 20.3. The Bertz CT molecular complexity index is 898. The van der Waals surface area contributed by atoms with Gasteiger partial charge in [-0.3, -0.25) is 15.3 Å². The van der Waals surface area contributed by atoms with Gasteiger partial charge in [-0.05, 0) is 42.7 Å². The highest BCUT2D eigenvalue weighted by Gasteiger charge is 2.34. The highest BCUT2D eigenvalue weighted by molar-refractivity contribution is 5.86. The number of allylic oxidation sites excluding steroid dienone is 1. The lowest BCUT2D eigenvalue weighted by Gasteiger charge is -2.34. The van der Waals surface area contributed by atoms with Gasteiger partial charge in [0.05, 0.1) is 6.61 Å². The molecule has 1 atom stereocenters. The van der Waals surface area contributed by atoms with Gasteiger partial charge < -0.3 is 14.6 Å². The summed E-state index contributed by atoms with van der Waals surface area (Å²) in [6.45, 7) is 3.98. The first-order valence-electron chi connectivity index (χ1n) is 10.3. The minimum Gasteiger partial charge on any atom is -0.491 e. The normalized spacial score (nSPS) is 12.2. The number of hydroxylamine groups is 1. The molecule has 32 heavy (non-hydrogen) atoms. The molecule has 0 saturated heterocycles. The van der Waals surface area contributed by atoms with Crippen LogP contribution in [-0.2, 0) is 9.53 Å². The summed E-state index contributed by atoms with van der Waals surface area (Å²) in [4.78, 5) is 23.8. The Morgan fingerprint density at radius 1 is 1.12 bits per heavy atom. The maximum Gasteiger partial charge on any atom is 0.412 e. The van der Waals surface area contributed by atoms with E-state index < -0.39 is 23.5 Å². The number of carbonyl (C=O) groups excluding carboxylic acids is 2. The van der Waals surface area contributed by atoms with Crippen LogP contribution in [0.1, 0.15) is 38.4 Å². The van der Waals surface area contributed by atoms with Crippen LogP contribution in [0.15, 0.2) is 66.7 Å². The van der Waals surface area contributed by atoms with Crippen molar-refractivity contribution < 1.29 is 29.4 Å². The number of benzene rings is 2. The molecule has 0 heterocycles. The van der Waals surface area contributed by atoms with Crippen molar-refractivity contribution >= 4 is 17.7 Å². The van der Waals surface area contributed by atoms with Gasteiger partial charge in [0.2, 0.25) is 0 Å². The number of amides is 2. The Balaban J connectivity index is 2.22. The monoisotopic (exact) mass is 442 g/mol. The van der Waals surface area contributed by atoms with Crippen molar-refractivity contribution in [3.63, 3.8) is 0 Å². The summed E-state index contributed by atoms with van der Waals surface area (Å²) in [7, 11) is 0. The number of aliphatic hydroxyl groups excluding tert-OH is 1. The number of ether oxygens (including phenoxy) is 2. The minimum absolute atomic E-state index is 0.108. The molecular formula is C24H30N2O6. The van der Waals surface area contributed by atoms with Crippen molar-refractivity contribution in [1.82, 2.24) is 5.48 Å². The van der Waals surface area contributed by atoms with E-state index >= 15 is 0 Å². The van der Waals surface area contributed by atoms with Crippen molar-refractivity contribution in [2.24, 2.45) is 5.41 Å². The van der Waals surface area contributed by atoms with E-state index in [1.807, 2.05) is 38.1 Å². The SMILES string of the molecule is CC(C)(CC/C=C/C(=O)NO)[C@H](OC(=O)Nc1ccccc1)c1cccc(OCCO)c1. The number of hydrogen-bond acceptors (Lipinski definition) is 6. The van der Waals surface area contributed by atoms with E-state index in [2.05, 4.69) is 5.32 Å². The molecule has 2 aromatic rings. The molecule has 2 aromatic carbocycles. The number of para-hydroxylation sites is 1. The Morgan fingerprint density at radius 3 is 2.56 bits per heavy atom. The van der Waals surface area contributed by atoms with Gasteiger partial charge in [-0.25, -0.2) is 10.3 Å². The van der Waals surface area contributed by atoms with Crippen LogP contribution in [0.2, 0.25) is 0 Å². The van der Waals surface area contributed by atoms with Crippen LogP contribution < -0.4 is 15.5 Å². The zero-order valence-corrected chi connectivity index (χ0v) is 18.3. The topological polar surface area (TPSA) is 117 Å². The summed E-state index contributed by atoms with van der Waals surface area (Å²) in [6.07, 6.45) is 2.80. The number of carbonyl (C=O) groups is 2. The predicted molar refractivity (Wildman–Crippen MR) is 120 cm³/mol. The third-order valence-corrected chi connectivity index (χ3v) is 4.81. The number of nitrogens with one attached hydrogen (secondary N) is 2. The molecule has 2 amide bonds. The maximum atomic E-state index is 12.7. The average Bonchev–Trinajstić information content (AvgIpc) is 2.79. The third kappa shape index (κ3) is 8.05. The Hall–Kier alpha value is -3.36. The van der Waals surface area contributed by atoms with Crippen molar-refractivity contribution in [3.8, 4) is 5.75 Å². The molecule has 0 bridgehead atoms. The van der Waals surface area contributed by atoms with Gasteiger partial charge in [-0.1, -0.05) is 50.3 Å². The van der Waals surface area contributed by atoms with E-state index in [9.17, 15) is 9.59 Å². The fraction of sp³-hybridized carbons (Fsp3) is 0.333. The van der Waals surface area contributed by atoms with Crippen molar-refractivity contribution in [2.75, 3.05) is 18.5 Å². The number of anilines is 1. The van der Waals surface area contributed by atoms with Crippen LogP contribution in [0.25, 0.3) is 0 Å². The standard InChI is InChI=1S/C24H30N2O6/c1-24(2,14-7-6-13-21(28)26-30)22(18-9-8-12-20(17-18)31-16-15-27)32-23(29)25-19-10-4-3-5-11-19/h3-6,8-13,17,22,27,30H,7,14-16H2,1-2H3,(H,25,29)(H,26,28)/b13-6+/t22-/m1/s1. The highest BCUT2D eigenvalue weighted by Crippen LogP contribution is 2.41. The largest absolute Gasteiger partial charge is 0.491 e. The van der Waals surface area contributed by atoms with Gasteiger partial charge in [-0.15, -0.1) is 0 Å². The zero-order valence-electron chi connectivity index (χ0n) is 18.3. The molecule has 172 valence electrons. The molecule has 0 aromatic heterocycles. The lowest BCUT2D eigenvalue weighted by Crippen LogP contribution is -2.29. The van der Waals surface area contributed by atoms with E-state index in [0.29, 0.717) is 24.3 Å². The summed E-state index contributed by atoms with van der Waals surface area (Å²) >= 11 is 0. The predicted octanol–water partition coefficient (Wildman–Crippen LogP) is 4.22. The van der Waals surface area contributed by atoms with E-state index in [1.165, 1.54) is 6.08 Å². The summed E-state index contributed by atoms with van der Waals surface area (Å²) in [5.74, 6) is -0.0458. The molecule has 0 aliphatic heterocycles. The Morgan fingerprint density at radius 2 is 1.88 bits per heavy atom. The van der Waals surface area contributed by atoms with Crippen LogP contribution in [0.3, 0.4) is 0 Å². The number of aliphatic hydroxyl groups is 1. The summed E-state index contributed by atoms with van der Waals surface area (Å²) in [5.41, 5.74) is 2.40. The van der Waals surface area contributed by atoms with Gasteiger partial charge in [-0.2, -0.15) is 0 Å². The fourth-order valence-electron chi connectivity index (χ4n) is 3.20. The van der Waals surface area contributed by atoms with E-state index in [4.69, 9.17) is 19.8 Å². The van der Waals surface area contributed by atoms with Crippen molar-refractivity contribution in [3.05, 3.63) is 72.3 Å². The molecule has 8 heteroatoms. The van der Waals surface area contributed by atoms with Gasteiger partial charge in [0.15, 0.2) is 0 Å². The van der Waals surface area contributed by atoms with Crippen LogP contribution in [0.4, 0.5) is 10.5 Å². The molecule has 0 radical (unpaired) electrons. The summed E-state index contributed by atoms with van der Waals surface area (Å²) in [6, 6.07) is 16.2. The highest BCUT2D eigenvalue weighted by atomic mass is 16.6. The van der Waals surface area contributed by atoms with E-state index in [1.54, 1.807) is 41.9 Å². The van der Waals surface area contributed by atoms with Gasteiger partial charge >= 0.3 is 6.09 Å². The average molecular weight is 443 g/mol. The van der Waals surface area contributed by atoms with Crippen molar-refractivity contribution in [1.29, 1.82) is 0 Å². The number of rotatable bonds is 11. The number of hydrogen-bond donors (Lipinski definition) is 4. The van der Waals surface area contributed by atoms with E-state index in [0.717, 1.165) is 5.56 Å². The molecule has 0 aliphatic carbocycles. The van der Waals surface area contributed by atoms with Gasteiger partial charge in [0.1, 0.15) is 18.5 Å². The maximum absolute atomic E-state index is 12.7. The zero-order chi connectivity index (χ0) is 23.4. The first-order valence-corrected chi connectivity index (χ1v) is 10.3. The van der Waals surface area contributed by atoms with Crippen LogP contribution in [-0.4, -0.2) is 35.5 Å². The summed E-state index contributed by atoms with van der Waals surface area (Å²) < 4.78 is 11.4. The van der Waals surface area contributed by atoms with Gasteiger partial charge in [0, 0.05) is 17.2 Å². The molecule has 0 aliphatic rings.